The van der Waals surface area contributed by atoms with Crippen LogP contribution in [0.25, 0.3) is 0 Å². The van der Waals surface area contributed by atoms with Crippen LogP contribution in [-0.2, 0) is 11.2 Å². The van der Waals surface area contributed by atoms with E-state index >= 15 is 0 Å². The molecule has 0 bridgehead atoms. The molecule has 5 atom stereocenters. The molecule has 7 heteroatoms. The third kappa shape index (κ3) is 6.19. The first-order valence-electron chi connectivity index (χ1n) is 10.7. The van der Waals surface area contributed by atoms with E-state index in [9.17, 15) is 15.3 Å². The Bertz CT molecular complexity index is 827. The van der Waals surface area contributed by atoms with Crippen molar-refractivity contribution in [2.24, 2.45) is 0 Å². The van der Waals surface area contributed by atoms with Crippen LogP contribution in [-0.4, -0.2) is 58.1 Å². The summed E-state index contributed by atoms with van der Waals surface area (Å²) in [5.74, 6) is 0.760. The van der Waals surface area contributed by atoms with Gasteiger partial charge >= 0.3 is 0 Å². The van der Waals surface area contributed by atoms with E-state index < -0.39 is 24.4 Å². The number of aliphatic hydroxyl groups excluding tert-OH is 4. The molecular formula is C24H31ClO6. The lowest BCUT2D eigenvalue weighted by Gasteiger charge is -2.37. The molecule has 0 spiro atoms. The first kappa shape index (κ1) is 24.0. The van der Waals surface area contributed by atoms with Gasteiger partial charge < -0.3 is 29.9 Å². The maximum Gasteiger partial charge on any atom is 0.119 e. The molecule has 1 saturated heterocycles. The minimum absolute atomic E-state index is 0.00911. The van der Waals surface area contributed by atoms with Gasteiger partial charge in [0.1, 0.15) is 24.1 Å². The van der Waals surface area contributed by atoms with Crippen LogP contribution in [0.4, 0.5) is 0 Å². The van der Waals surface area contributed by atoms with Gasteiger partial charge in [-0.15, -0.1) is 0 Å². The van der Waals surface area contributed by atoms with Crippen LogP contribution in [0.1, 0.15) is 49.0 Å². The van der Waals surface area contributed by atoms with Gasteiger partial charge in [0, 0.05) is 24.5 Å². The summed E-state index contributed by atoms with van der Waals surface area (Å²) < 4.78 is 11.6. The molecule has 0 radical (unpaired) electrons. The summed E-state index contributed by atoms with van der Waals surface area (Å²) in [6.45, 7) is 1.82. The van der Waals surface area contributed by atoms with Gasteiger partial charge in [0.2, 0.25) is 0 Å². The lowest BCUT2D eigenvalue weighted by molar-refractivity contribution is -0.181. The van der Waals surface area contributed by atoms with Crippen molar-refractivity contribution in [3.63, 3.8) is 0 Å². The predicted octanol–water partition coefficient (Wildman–Crippen LogP) is 3.01. The van der Waals surface area contributed by atoms with Gasteiger partial charge in [-0.2, -0.15) is 0 Å². The second-order valence-electron chi connectivity index (χ2n) is 7.98. The molecule has 0 aromatic heterocycles. The summed E-state index contributed by atoms with van der Waals surface area (Å²) in [6, 6.07) is 13.3. The molecule has 170 valence electrons. The zero-order chi connectivity index (χ0) is 22.4. The number of ether oxygens (including phenoxy) is 2. The first-order chi connectivity index (χ1) is 14.9. The number of halogens is 1. The fraction of sp³-hybridized carbons (Fsp3) is 0.500. The fourth-order valence-electron chi connectivity index (χ4n) is 3.85. The number of hydrogen-bond acceptors (Lipinski definition) is 6. The fourth-order valence-corrected chi connectivity index (χ4v) is 4.04. The van der Waals surface area contributed by atoms with Crippen LogP contribution < -0.4 is 4.74 Å². The second kappa shape index (κ2) is 11.3. The first-order valence-corrected chi connectivity index (χ1v) is 11.1. The van der Waals surface area contributed by atoms with E-state index in [1.165, 1.54) is 0 Å². The average molecular weight is 451 g/mol. The van der Waals surface area contributed by atoms with Gasteiger partial charge in [0.15, 0.2) is 0 Å². The molecular weight excluding hydrogens is 420 g/mol. The Hall–Kier alpha value is -1.67. The molecule has 2 aromatic carbocycles. The highest BCUT2D eigenvalue weighted by Gasteiger charge is 2.36. The summed E-state index contributed by atoms with van der Waals surface area (Å²) >= 11 is 6.42. The third-order valence-electron chi connectivity index (χ3n) is 5.69. The van der Waals surface area contributed by atoms with Crippen molar-refractivity contribution < 1.29 is 29.9 Å². The molecule has 1 aliphatic heterocycles. The maximum absolute atomic E-state index is 10.4. The lowest BCUT2D eigenvalue weighted by atomic mass is 9.92. The van der Waals surface area contributed by atoms with E-state index in [0.717, 1.165) is 28.9 Å². The van der Waals surface area contributed by atoms with Gasteiger partial charge in [0.25, 0.3) is 0 Å². The van der Waals surface area contributed by atoms with Crippen LogP contribution in [0.3, 0.4) is 0 Å². The molecule has 1 heterocycles. The summed E-state index contributed by atoms with van der Waals surface area (Å²) in [5.41, 5.74) is 2.70. The minimum Gasteiger partial charge on any atom is -0.490 e. The number of benzene rings is 2. The molecule has 2 aromatic rings. The highest BCUT2D eigenvalue weighted by atomic mass is 35.5. The third-order valence-corrected chi connectivity index (χ3v) is 6.06. The molecule has 0 amide bonds. The summed E-state index contributed by atoms with van der Waals surface area (Å²) in [6.07, 6.45) is -0.965. The van der Waals surface area contributed by atoms with Crippen LogP contribution in [0.15, 0.2) is 42.5 Å². The van der Waals surface area contributed by atoms with Gasteiger partial charge in [-0.3, -0.25) is 0 Å². The Morgan fingerprint density at radius 2 is 1.84 bits per heavy atom. The van der Waals surface area contributed by atoms with Crippen molar-refractivity contribution in [1.82, 2.24) is 0 Å². The van der Waals surface area contributed by atoms with Crippen molar-refractivity contribution >= 4 is 11.6 Å². The lowest BCUT2D eigenvalue weighted by Crippen LogP contribution is -2.44. The average Bonchev–Trinajstić information content (AvgIpc) is 2.76. The largest absolute Gasteiger partial charge is 0.490 e. The Labute approximate surface area is 188 Å². The number of hydrogen-bond donors (Lipinski definition) is 4. The second-order valence-corrected chi connectivity index (χ2v) is 8.39. The highest BCUT2D eigenvalue weighted by Crippen LogP contribution is 2.34. The zero-order valence-corrected chi connectivity index (χ0v) is 18.4. The van der Waals surface area contributed by atoms with Crippen LogP contribution in [0, 0.1) is 0 Å². The predicted molar refractivity (Wildman–Crippen MR) is 118 cm³/mol. The normalized spacial score (nSPS) is 24.7. The summed E-state index contributed by atoms with van der Waals surface area (Å²) in [7, 11) is 0. The van der Waals surface area contributed by atoms with Crippen molar-refractivity contribution in [3.8, 4) is 5.75 Å². The number of aliphatic hydroxyl groups is 4. The quantitative estimate of drug-likeness (QED) is 0.468. The topological polar surface area (TPSA) is 99.4 Å². The highest BCUT2D eigenvalue weighted by molar-refractivity contribution is 6.31. The van der Waals surface area contributed by atoms with E-state index in [1.807, 2.05) is 37.3 Å². The van der Waals surface area contributed by atoms with E-state index in [0.29, 0.717) is 17.9 Å². The molecule has 1 fully saturated rings. The van der Waals surface area contributed by atoms with E-state index in [-0.39, 0.29) is 25.7 Å². The Morgan fingerprint density at radius 1 is 1.10 bits per heavy atom. The zero-order valence-electron chi connectivity index (χ0n) is 17.7. The molecule has 6 nitrogen and oxygen atoms in total. The Balaban J connectivity index is 1.72. The monoisotopic (exact) mass is 450 g/mol. The van der Waals surface area contributed by atoms with E-state index in [4.69, 9.17) is 26.2 Å². The van der Waals surface area contributed by atoms with Crippen molar-refractivity contribution in [2.75, 3.05) is 13.2 Å². The minimum atomic E-state index is -0.895. The molecule has 3 rings (SSSR count). The standard InChI is InChI=1S/C24H31ClO6/c1-2-18(9-10-26)30-19-6-3-15(4-7-19)11-17-12-16(5-8-20(17)25)24-22(29)13-21(28)23(14-27)31-24/h3-8,12,18,21-24,26-29H,2,9-11,13-14H2,1H3/t18-,21?,22?,23-,24?/m1/s1. The van der Waals surface area contributed by atoms with E-state index in [2.05, 4.69) is 0 Å². The summed E-state index contributed by atoms with van der Waals surface area (Å²) in [5, 5.41) is 39.5. The SMILES string of the molecule is CC[C@H](CCO)Oc1ccc(Cc2cc(C3O[C@H](CO)C(O)CC3O)ccc2Cl)cc1. The smallest absolute Gasteiger partial charge is 0.119 e. The van der Waals surface area contributed by atoms with Crippen LogP contribution in [0.5, 0.6) is 5.75 Å². The Kier molecular flexibility index (Phi) is 8.72. The molecule has 3 unspecified atom stereocenters. The Morgan fingerprint density at radius 3 is 2.48 bits per heavy atom. The molecule has 0 aliphatic carbocycles. The van der Waals surface area contributed by atoms with Crippen molar-refractivity contribution in [1.29, 1.82) is 0 Å². The number of rotatable bonds is 9. The van der Waals surface area contributed by atoms with E-state index in [1.54, 1.807) is 12.1 Å². The van der Waals surface area contributed by atoms with Crippen molar-refractivity contribution in [2.45, 2.75) is 63.1 Å². The molecule has 4 N–H and O–H groups in total. The van der Waals surface area contributed by atoms with Crippen LogP contribution in [0.2, 0.25) is 5.02 Å². The molecule has 31 heavy (non-hydrogen) atoms. The maximum atomic E-state index is 10.4. The van der Waals surface area contributed by atoms with Crippen molar-refractivity contribution in [3.05, 3.63) is 64.2 Å². The van der Waals surface area contributed by atoms with Gasteiger partial charge in [-0.1, -0.05) is 42.8 Å². The molecule has 0 saturated carbocycles. The van der Waals surface area contributed by atoms with Gasteiger partial charge in [0.05, 0.1) is 18.8 Å². The van der Waals surface area contributed by atoms with Gasteiger partial charge in [-0.25, -0.2) is 0 Å². The van der Waals surface area contributed by atoms with Crippen LogP contribution >= 0.6 is 11.6 Å². The van der Waals surface area contributed by atoms with Gasteiger partial charge in [-0.05, 0) is 47.7 Å². The summed E-state index contributed by atoms with van der Waals surface area (Å²) in [4.78, 5) is 0. The molecule has 1 aliphatic rings.